The second-order valence-corrected chi connectivity index (χ2v) is 6.01. The van der Waals surface area contributed by atoms with E-state index in [-0.39, 0.29) is 12.5 Å². The number of anilines is 2. The molecule has 0 radical (unpaired) electrons. The first-order chi connectivity index (χ1) is 9.35. The van der Waals surface area contributed by atoms with Crippen molar-refractivity contribution in [3.8, 4) is 0 Å². The molecule has 1 amide bonds. The molecule has 1 atom stereocenters. The van der Waals surface area contributed by atoms with Gasteiger partial charge in [-0.05, 0) is 44.5 Å². The van der Waals surface area contributed by atoms with Crippen LogP contribution in [0, 0.1) is 0 Å². The average Bonchev–Trinajstić information content (AvgIpc) is 2.31. The van der Waals surface area contributed by atoms with E-state index in [1.807, 2.05) is 4.90 Å². The highest BCUT2D eigenvalue weighted by Crippen LogP contribution is 2.24. The summed E-state index contributed by atoms with van der Waals surface area (Å²) >= 11 is 6.01. The van der Waals surface area contributed by atoms with Gasteiger partial charge in [0.1, 0.15) is 0 Å². The zero-order valence-electron chi connectivity index (χ0n) is 11.5. The molecule has 0 aromatic heterocycles. The van der Waals surface area contributed by atoms with Gasteiger partial charge in [0.2, 0.25) is 5.91 Å². The van der Waals surface area contributed by atoms with Gasteiger partial charge in [-0.2, -0.15) is 0 Å². The molecule has 0 saturated carbocycles. The molecule has 0 spiro atoms. The Hall–Kier alpha value is -1.30. The van der Waals surface area contributed by atoms with Crippen LogP contribution in [-0.4, -0.2) is 41.1 Å². The third kappa shape index (κ3) is 4.10. The molecule has 4 N–H and O–H groups in total. The van der Waals surface area contributed by atoms with Crippen LogP contribution in [0.4, 0.5) is 11.4 Å². The first-order valence-electron chi connectivity index (χ1n) is 6.65. The number of hydrogen-bond acceptors (Lipinski definition) is 4. The van der Waals surface area contributed by atoms with Crippen molar-refractivity contribution in [2.45, 2.75) is 25.4 Å². The molecule has 1 aliphatic rings. The fraction of sp³-hybridized carbons (Fsp3) is 0.500. The van der Waals surface area contributed by atoms with Crippen LogP contribution in [0.25, 0.3) is 0 Å². The maximum absolute atomic E-state index is 12.0. The third-order valence-electron chi connectivity index (χ3n) is 3.39. The van der Waals surface area contributed by atoms with Crippen LogP contribution in [0.15, 0.2) is 18.2 Å². The number of rotatable bonds is 3. The van der Waals surface area contributed by atoms with Gasteiger partial charge < -0.3 is 16.2 Å². The van der Waals surface area contributed by atoms with Gasteiger partial charge >= 0.3 is 0 Å². The van der Waals surface area contributed by atoms with E-state index >= 15 is 0 Å². The minimum Gasteiger partial charge on any atom is -0.399 e. The lowest BCUT2D eigenvalue weighted by molar-refractivity contribution is -0.118. The summed E-state index contributed by atoms with van der Waals surface area (Å²) < 4.78 is 0. The van der Waals surface area contributed by atoms with Crippen molar-refractivity contribution in [1.29, 1.82) is 0 Å². The summed E-state index contributed by atoms with van der Waals surface area (Å²) in [7, 11) is 0. The highest BCUT2D eigenvalue weighted by molar-refractivity contribution is 6.34. The van der Waals surface area contributed by atoms with Gasteiger partial charge in [0.05, 0.1) is 22.9 Å². The van der Waals surface area contributed by atoms with Crippen molar-refractivity contribution in [3.05, 3.63) is 23.2 Å². The van der Waals surface area contributed by atoms with Gasteiger partial charge in [0.15, 0.2) is 0 Å². The van der Waals surface area contributed by atoms with Gasteiger partial charge in [0, 0.05) is 12.2 Å². The average molecular weight is 298 g/mol. The van der Waals surface area contributed by atoms with Gasteiger partial charge in [0.25, 0.3) is 0 Å². The molecular weight excluding hydrogens is 278 g/mol. The molecule has 110 valence electrons. The van der Waals surface area contributed by atoms with Gasteiger partial charge in [-0.25, -0.2) is 0 Å². The molecule has 5 nitrogen and oxygen atoms in total. The summed E-state index contributed by atoms with van der Waals surface area (Å²) in [6.45, 7) is 3.37. The number of piperidine rings is 1. The summed E-state index contributed by atoms with van der Waals surface area (Å²) in [5.74, 6) is -0.144. The van der Waals surface area contributed by atoms with E-state index in [0.717, 1.165) is 19.4 Å². The van der Waals surface area contributed by atoms with Crippen molar-refractivity contribution in [2.75, 3.05) is 30.7 Å². The monoisotopic (exact) mass is 297 g/mol. The van der Waals surface area contributed by atoms with Gasteiger partial charge in [-0.1, -0.05) is 11.6 Å². The third-order valence-corrected chi connectivity index (χ3v) is 3.70. The number of nitrogens with two attached hydrogens (primary N) is 1. The second-order valence-electron chi connectivity index (χ2n) is 5.60. The number of aliphatic hydroxyl groups is 1. The summed E-state index contributed by atoms with van der Waals surface area (Å²) in [4.78, 5) is 14.0. The van der Waals surface area contributed by atoms with Crippen molar-refractivity contribution < 1.29 is 9.90 Å². The van der Waals surface area contributed by atoms with E-state index in [1.54, 1.807) is 25.1 Å². The van der Waals surface area contributed by atoms with Crippen LogP contribution >= 0.6 is 11.6 Å². The lowest BCUT2D eigenvalue weighted by atomic mass is 9.95. The van der Waals surface area contributed by atoms with Crippen molar-refractivity contribution >= 4 is 28.9 Å². The van der Waals surface area contributed by atoms with Crippen LogP contribution in [0.3, 0.4) is 0 Å². The van der Waals surface area contributed by atoms with E-state index in [9.17, 15) is 9.90 Å². The van der Waals surface area contributed by atoms with Crippen LogP contribution in [0.2, 0.25) is 5.02 Å². The molecule has 6 heteroatoms. The standard InChI is InChI=1S/C14H20ClN3O2/c1-14(20)5-2-6-18(9-14)8-13(19)17-12-4-3-10(16)7-11(12)15/h3-4,7,20H,2,5-6,8-9,16H2,1H3,(H,17,19). The number of hydrogen-bond donors (Lipinski definition) is 3. The molecule has 2 rings (SSSR count). The predicted molar refractivity (Wildman–Crippen MR) is 80.8 cm³/mol. The SMILES string of the molecule is CC1(O)CCCN(CC(=O)Nc2ccc(N)cc2Cl)C1. The molecule has 1 aromatic carbocycles. The molecule has 1 unspecified atom stereocenters. The topological polar surface area (TPSA) is 78.6 Å². The van der Waals surface area contributed by atoms with E-state index in [1.165, 1.54) is 0 Å². The normalized spacial score (nSPS) is 23.6. The van der Waals surface area contributed by atoms with E-state index in [2.05, 4.69) is 5.32 Å². The largest absolute Gasteiger partial charge is 0.399 e. The number of carbonyl (C=O) groups is 1. The molecule has 1 aromatic rings. The fourth-order valence-electron chi connectivity index (χ4n) is 2.48. The van der Waals surface area contributed by atoms with Gasteiger partial charge in [-0.3, -0.25) is 9.69 Å². The summed E-state index contributed by atoms with van der Waals surface area (Å²) in [6, 6.07) is 4.97. The Balaban J connectivity index is 1.92. The molecule has 1 aliphatic heterocycles. The van der Waals surface area contributed by atoms with Crippen LogP contribution in [0.1, 0.15) is 19.8 Å². The van der Waals surface area contributed by atoms with Crippen molar-refractivity contribution in [3.63, 3.8) is 0 Å². The number of nitrogens with zero attached hydrogens (tertiary/aromatic N) is 1. The Morgan fingerprint density at radius 3 is 3.00 bits per heavy atom. The number of amides is 1. The molecular formula is C14H20ClN3O2. The Morgan fingerprint density at radius 1 is 1.60 bits per heavy atom. The van der Waals surface area contributed by atoms with Crippen molar-refractivity contribution in [1.82, 2.24) is 4.90 Å². The van der Waals surface area contributed by atoms with E-state index in [4.69, 9.17) is 17.3 Å². The van der Waals surface area contributed by atoms with E-state index in [0.29, 0.717) is 22.9 Å². The Kier molecular flexibility index (Phi) is 4.52. The number of nitrogen functional groups attached to an aromatic ring is 1. The first-order valence-corrected chi connectivity index (χ1v) is 7.03. The Morgan fingerprint density at radius 2 is 2.35 bits per heavy atom. The van der Waals surface area contributed by atoms with Crippen LogP contribution < -0.4 is 11.1 Å². The Labute approximate surface area is 123 Å². The molecule has 1 saturated heterocycles. The highest BCUT2D eigenvalue weighted by atomic mass is 35.5. The van der Waals surface area contributed by atoms with E-state index < -0.39 is 5.60 Å². The lowest BCUT2D eigenvalue weighted by Gasteiger charge is -2.36. The summed E-state index contributed by atoms with van der Waals surface area (Å²) in [5.41, 5.74) is 6.00. The quantitative estimate of drug-likeness (QED) is 0.742. The number of likely N-dealkylation sites (tertiary alicyclic amines) is 1. The minimum absolute atomic E-state index is 0.144. The molecule has 0 aliphatic carbocycles. The predicted octanol–water partition coefficient (Wildman–Crippen LogP) is 1.71. The summed E-state index contributed by atoms with van der Waals surface area (Å²) in [6.07, 6.45) is 1.66. The highest BCUT2D eigenvalue weighted by Gasteiger charge is 2.29. The zero-order valence-corrected chi connectivity index (χ0v) is 12.3. The molecule has 20 heavy (non-hydrogen) atoms. The molecule has 1 fully saturated rings. The maximum atomic E-state index is 12.0. The fourth-order valence-corrected chi connectivity index (χ4v) is 2.72. The summed E-state index contributed by atoms with van der Waals surface area (Å²) in [5, 5.41) is 13.2. The number of halogens is 1. The molecule has 1 heterocycles. The number of carbonyl (C=O) groups excluding carboxylic acids is 1. The number of β-amino-alcohol motifs (C(OH)–C–C–N with tert-alkyl or cyclic N) is 1. The first kappa shape index (κ1) is 15.1. The second kappa shape index (κ2) is 5.99. The van der Waals surface area contributed by atoms with Crippen LogP contribution in [-0.2, 0) is 4.79 Å². The van der Waals surface area contributed by atoms with Crippen molar-refractivity contribution in [2.24, 2.45) is 0 Å². The maximum Gasteiger partial charge on any atom is 0.238 e. The number of benzene rings is 1. The zero-order chi connectivity index (χ0) is 14.8. The number of nitrogens with one attached hydrogen (secondary N) is 1. The molecule has 0 bridgehead atoms. The van der Waals surface area contributed by atoms with Gasteiger partial charge in [-0.15, -0.1) is 0 Å². The lowest BCUT2D eigenvalue weighted by Crippen LogP contribution is -2.48. The minimum atomic E-state index is -0.711. The van der Waals surface area contributed by atoms with Crippen LogP contribution in [0.5, 0.6) is 0 Å². The smallest absolute Gasteiger partial charge is 0.238 e. The Bertz CT molecular complexity index is 505.